The molecule has 1 unspecified atom stereocenters. The van der Waals surface area contributed by atoms with Gasteiger partial charge in [0, 0.05) is 12.1 Å². The van der Waals surface area contributed by atoms with Crippen molar-refractivity contribution in [2.45, 2.75) is 30.7 Å². The summed E-state index contributed by atoms with van der Waals surface area (Å²) in [6.45, 7) is 1.94. The quantitative estimate of drug-likeness (QED) is 0.852. The fourth-order valence-corrected chi connectivity index (χ4v) is 4.85. The van der Waals surface area contributed by atoms with Crippen molar-refractivity contribution < 1.29 is 17.9 Å². The Morgan fingerprint density at radius 2 is 1.75 bits per heavy atom. The van der Waals surface area contributed by atoms with Gasteiger partial charge in [-0.3, -0.25) is 4.31 Å². The highest BCUT2D eigenvalue weighted by Gasteiger charge is 2.34. The lowest BCUT2D eigenvalue weighted by molar-refractivity contribution is 0.354. The van der Waals surface area contributed by atoms with E-state index in [1.165, 1.54) is 24.6 Å². The summed E-state index contributed by atoms with van der Waals surface area (Å²) in [7, 11) is -0.668. The second kappa shape index (κ2) is 6.36. The van der Waals surface area contributed by atoms with E-state index in [-0.39, 0.29) is 10.9 Å². The molecular formula is C18H21NO4S. The summed E-state index contributed by atoms with van der Waals surface area (Å²) in [4.78, 5) is 0.198. The summed E-state index contributed by atoms with van der Waals surface area (Å²) in [6.07, 6.45) is 1.68. The molecule has 0 saturated carbocycles. The number of methoxy groups -OCH3 is 2. The van der Waals surface area contributed by atoms with Gasteiger partial charge in [0.2, 0.25) is 0 Å². The first-order chi connectivity index (χ1) is 11.5. The molecular weight excluding hydrogens is 326 g/mol. The third-order valence-electron chi connectivity index (χ3n) is 4.37. The van der Waals surface area contributed by atoms with Crippen LogP contribution >= 0.6 is 0 Å². The molecule has 0 aliphatic carbocycles. The molecule has 2 aromatic rings. The Morgan fingerprint density at radius 3 is 2.46 bits per heavy atom. The lowest BCUT2D eigenvalue weighted by Crippen LogP contribution is -2.42. The highest BCUT2D eigenvalue weighted by Crippen LogP contribution is 2.37. The Hall–Kier alpha value is -2.21. The standard InChI is InChI=1S/C18H21NO4S/c1-13-8-9-14-6-4-5-7-16(14)19(13)24(20,21)15-10-11-17(22-2)18(12-15)23-3/h4-7,10-13H,8-9H2,1-3H3. The number of hydrogen-bond donors (Lipinski definition) is 0. The molecule has 2 aromatic carbocycles. The highest BCUT2D eigenvalue weighted by atomic mass is 32.2. The van der Waals surface area contributed by atoms with Crippen LogP contribution in [0.5, 0.6) is 11.5 Å². The smallest absolute Gasteiger partial charge is 0.264 e. The highest BCUT2D eigenvalue weighted by molar-refractivity contribution is 7.92. The van der Waals surface area contributed by atoms with Crippen LogP contribution in [0.1, 0.15) is 18.9 Å². The van der Waals surface area contributed by atoms with Crippen LogP contribution in [0.3, 0.4) is 0 Å². The van der Waals surface area contributed by atoms with E-state index in [1.807, 2.05) is 31.2 Å². The summed E-state index contributed by atoms with van der Waals surface area (Å²) < 4.78 is 38.5. The molecule has 0 bridgehead atoms. The normalized spacial score (nSPS) is 17.3. The second-order valence-electron chi connectivity index (χ2n) is 5.83. The molecule has 6 heteroatoms. The average Bonchev–Trinajstić information content (AvgIpc) is 2.60. The van der Waals surface area contributed by atoms with Crippen molar-refractivity contribution in [3.05, 3.63) is 48.0 Å². The summed E-state index contributed by atoms with van der Waals surface area (Å²) >= 11 is 0. The molecule has 0 saturated heterocycles. The third kappa shape index (κ3) is 2.71. The van der Waals surface area contributed by atoms with E-state index >= 15 is 0 Å². The zero-order chi connectivity index (χ0) is 17.3. The molecule has 0 amide bonds. The first kappa shape index (κ1) is 16.6. The topological polar surface area (TPSA) is 55.8 Å². The fraction of sp³-hybridized carbons (Fsp3) is 0.333. The SMILES string of the molecule is COc1ccc(S(=O)(=O)N2c3ccccc3CCC2C)cc1OC. The number of aryl methyl sites for hydroxylation is 1. The van der Waals surface area contributed by atoms with Crippen molar-refractivity contribution in [3.63, 3.8) is 0 Å². The zero-order valence-corrected chi connectivity index (χ0v) is 14.8. The Kier molecular flexibility index (Phi) is 4.41. The van der Waals surface area contributed by atoms with Crippen molar-refractivity contribution in [2.75, 3.05) is 18.5 Å². The average molecular weight is 347 g/mol. The van der Waals surface area contributed by atoms with Crippen LogP contribution < -0.4 is 13.8 Å². The van der Waals surface area contributed by atoms with Gasteiger partial charge in [-0.15, -0.1) is 0 Å². The van der Waals surface area contributed by atoms with Gasteiger partial charge in [0.05, 0.1) is 24.8 Å². The largest absolute Gasteiger partial charge is 0.493 e. The maximum atomic E-state index is 13.3. The van der Waals surface area contributed by atoms with E-state index in [4.69, 9.17) is 9.47 Å². The number of sulfonamides is 1. The Labute approximate surface area is 142 Å². The molecule has 0 spiro atoms. The van der Waals surface area contributed by atoms with Crippen molar-refractivity contribution in [1.29, 1.82) is 0 Å². The molecule has 1 aliphatic rings. The van der Waals surface area contributed by atoms with Crippen molar-refractivity contribution in [2.24, 2.45) is 0 Å². The number of hydrogen-bond acceptors (Lipinski definition) is 4. The van der Waals surface area contributed by atoms with Crippen LogP contribution in [-0.2, 0) is 16.4 Å². The van der Waals surface area contributed by atoms with Crippen LogP contribution in [0.15, 0.2) is 47.4 Å². The van der Waals surface area contributed by atoms with E-state index in [9.17, 15) is 8.42 Å². The number of rotatable bonds is 4. The zero-order valence-electron chi connectivity index (χ0n) is 14.0. The van der Waals surface area contributed by atoms with Crippen LogP contribution in [0.25, 0.3) is 0 Å². The molecule has 24 heavy (non-hydrogen) atoms. The molecule has 0 aromatic heterocycles. The molecule has 0 N–H and O–H groups in total. The van der Waals surface area contributed by atoms with Crippen molar-refractivity contribution in [3.8, 4) is 11.5 Å². The number of fused-ring (bicyclic) bond motifs is 1. The van der Waals surface area contributed by atoms with Crippen LogP contribution in [-0.4, -0.2) is 28.7 Å². The van der Waals surface area contributed by atoms with Gasteiger partial charge in [-0.05, 0) is 43.5 Å². The van der Waals surface area contributed by atoms with Gasteiger partial charge in [0.25, 0.3) is 10.0 Å². The molecule has 0 radical (unpaired) electrons. The van der Waals surface area contributed by atoms with Gasteiger partial charge >= 0.3 is 0 Å². The van der Waals surface area contributed by atoms with Gasteiger partial charge in [-0.1, -0.05) is 18.2 Å². The van der Waals surface area contributed by atoms with Gasteiger partial charge in [-0.2, -0.15) is 0 Å². The monoisotopic (exact) mass is 347 g/mol. The van der Waals surface area contributed by atoms with Crippen LogP contribution in [0.4, 0.5) is 5.69 Å². The molecule has 1 atom stereocenters. The van der Waals surface area contributed by atoms with Gasteiger partial charge < -0.3 is 9.47 Å². The number of benzene rings is 2. The van der Waals surface area contributed by atoms with Crippen LogP contribution in [0, 0.1) is 0 Å². The lowest BCUT2D eigenvalue weighted by atomic mass is 9.99. The first-order valence-corrected chi connectivity index (χ1v) is 9.27. The Bertz CT molecular complexity index is 848. The first-order valence-electron chi connectivity index (χ1n) is 7.83. The number of nitrogens with zero attached hydrogens (tertiary/aromatic N) is 1. The maximum absolute atomic E-state index is 13.3. The lowest BCUT2D eigenvalue weighted by Gasteiger charge is -2.36. The van der Waals surface area contributed by atoms with E-state index in [0.717, 1.165) is 24.1 Å². The van der Waals surface area contributed by atoms with E-state index in [1.54, 1.807) is 12.1 Å². The van der Waals surface area contributed by atoms with Gasteiger partial charge in [-0.25, -0.2) is 8.42 Å². The minimum Gasteiger partial charge on any atom is -0.493 e. The number of anilines is 1. The van der Waals surface area contributed by atoms with Gasteiger partial charge in [0.15, 0.2) is 11.5 Å². The summed E-state index contributed by atoms with van der Waals surface area (Å²) in [5.41, 5.74) is 1.81. The third-order valence-corrected chi connectivity index (χ3v) is 6.30. The van der Waals surface area contributed by atoms with Crippen molar-refractivity contribution in [1.82, 2.24) is 0 Å². The number of para-hydroxylation sites is 1. The van der Waals surface area contributed by atoms with E-state index in [2.05, 4.69) is 0 Å². The van der Waals surface area contributed by atoms with E-state index < -0.39 is 10.0 Å². The molecule has 5 nitrogen and oxygen atoms in total. The molecule has 0 fully saturated rings. The molecule has 1 aliphatic heterocycles. The fourth-order valence-electron chi connectivity index (χ4n) is 3.11. The summed E-state index contributed by atoms with van der Waals surface area (Å²) in [5.74, 6) is 0.903. The molecule has 1 heterocycles. The Balaban J connectivity index is 2.11. The second-order valence-corrected chi connectivity index (χ2v) is 7.65. The molecule has 3 rings (SSSR count). The summed E-state index contributed by atoms with van der Waals surface area (Å²) in [5, 5.41) is 0. The van der Waals surface area contributed by atoms with Gasteiger partial charge in [0.1, 0.15) is 0 Å². The minimum absolute atomic E-state index is 0.0991. The van der Waals surface area contributed by atoms with E-state index in [0.29, 0.717) is 11.5 Å². The summed E-state index contributed by atoms with van der Waals surface area (Å²) in [6, 6.07) is 12.2. The maximum Gasteiger partial charge on any atom is 0.264 e. The number of ether oxygens (including phenoxy) is 2. The predicted octanol–water partition coefficient (Wildman–Crippen LogP) is 3.23. The Morgan fingerprint density at radius 1 is 1.04 bits per heavy atom. The predicted molar refractivity (Wildman–Crippen MR) is 93.4 cm³/mol. The minimum atomic E-state index is -3.68. The van der Waals surface area contributed by atoms with Crippen molar-refractivity contribution >= 4 is 15.7 Å². The van der Waals surface area contributed by atoms with Crippen LogP contribution in [0.2, 0.25) is 0 Å². The molecule has 128 valence electrons.